The molecule has 2 aromatic heterocycles. The van der Waals surface area contributed by atoms with Crippen molar-refractivity contribution in [3.8, 4) is 0 Å². The first-order valence-electron chi connectivity index (χ1n) is 4.73. The molecule has 0 bridgehead atoms. The average molecular weight is 260 g/mol. The minimum atomic E-state index is -4.95. The number of ketones is 1. The van der Waals surface area contributed by atoms with E-state index in [1.54, 1.807) is 13.2 Å². The number of rotatable bonds is 3. The van der Waals surface area contributed by atoms with E-state index < -0.39 is 17.7 Å². The fourth-order valence-electron chi connectivity index (χ4n) is 1.26. The monoisotopic (exact) mass is 260 g/mol. The number of carbonyl (C=O) groups excluding carboxylic acids is 1. The molecule has 0 N–H and O–H groups in total. The molecule has 0 aromatic carbocycles. The number of hydrogen-bond acceptors (Lipinski definition) is 5. The molecule has 0 saturated heterocycles. The maximum atomic E-state index is 12.1. The summed E-state index contributed by atoms with van der Waals surface area (Å²) in [4.78, 5) is 10.9. The van der Waals surface area contributed by atoms with Gasteiger partial charge < -0.3 is 0 Å². The molecule has 0 spiro atoms. The highest BCUT2D eigenvalue weighted by molar-refractivity contribution is 5.98. The zero-order valence-electron chi connectivity index (χ0n) is 9.09. The lowest BCUT2D eigenvalue weighted by atomic mass is 10.3. The summed E-state index contributed by atoms with van der Waals surface area (Å²) in [6.07, 6.45) is -2.45. The van der Waals surface area contributed by atoms with Crippen LogP contribution in [0.5, 0.6) is 0 Å². The van der Waals surface area contributed by atoms with E-state index in [-0.39, 0.29) is 6.54 Å². The highest BCUT2D eigenvalue weighted by Gasteiger charge is 2.41. The van der Waals surface area contributed by atoms with Gasteiger partial charge in [-0.05, 0) is 0 Å². The third kappa shape index (κ3) is 2.52. The Hall–Kier alpha value is -2.26. The average Bonchev–Trinajstić information content (AvgIpc) is 2.86. The van der Waals surface area contributed by atoms with Crippen molar-refractivity contribution in [1.29, 1.82) is 0 Å². The normalized spacial score (nSPS) is 11.8. The third-order valence-corrected chi connectivity index (χ3v) is 2.00. The van der Waals surface area contributed by atoms with Crippen LogP contribution in [0.1, 0.15) is 16.2 Å². The van der Waals surface area contributed by atoms with Crippen LogP contribution in [0.25, 0.3) is 0 Å². The number of nitrogens with zero attached hydrogens (tertiary/aromatic N) is 6. The lowest BCUT2D eigenvalue weighted by Crippen LogP contribution is -2.23. The van der Waals surface area contributed by atoms with Crippen LogP contribution in [0.3, 0.4) is 0 Å². The van der Waals surface area contributed by atoms with E-state index in [0.29, 0.717) is 5.69 Å². The second kappa shape index (κ2) is 4.20. The zero-order chi connectivity index (χ0) is 13.3. The Bertz CT molecular complexity index is 571. The Labute approximate surface area is 98.2 Å². The van der Waals surface area contributed by atoms with Crippen LogP contribution in [0, 0.1) is 0 Å². The third-order valence-electron chi connectivity index (χ3n) is 2.00. The summed E-state index contributed by atoms with van der Waals surface area (Å²) in [5.41, 5.74) is -0.250. The Morgan fingerprint density at radius 1 is 1.28 bits per heavy atom. The maximum Gasteiger partial charge on any atom is 0.456 e. The van der Waals surface area contributed by atoms with Crippen molar-refractivity contribution in [2.45, 2.75) is 12.7 Å². The predicted octanol–water partition coefficient (Wildman–Crippen LogP) is 0.200. The van der Waals surface area contributed by atoms with Gasteiger partial charge in [0, 0.05) is 13.2 Å². The van der Waals surface area contributed by atoms with E-state index in [1.165, 1.54) is 4.68 Å². The fourth-order valence-corrected chi connectivity index (χ4v) is 1.26. The van der Waals surface area contributed by atoms with Crippen LogP contribution in [0.2, 0.25) is 0 Å². The first-order valence-corrected chi connectivity index (χ1v) is 4.73. The molecule has 0 atom stereocenters. The zero-order valence-corrected chi connectivity index (χ0v) is 9.09. The Morgan fingerprint density at radius 3 is 2.56 bits per heavy atom. The summed E-state index contributed by atoms with van der Waals surface area (Å²) in [6, 6.07) is 0. The fraction of sp³-hybridized carbons (Fsp3) is 0.375. The van der Waals surface area contributed by atoms with Crippen molar-refractivity contribution >= 4 is 5.78 Å². The SMILES string of the molecule is Cn1cc(Cn2cc(C(=O)C(F)(F)F)nn2)nn1. The minimum absolute atomic E-state index is 0.0893. The van der Waals surface area contributed by atoms with Gasteiger partial charge in [-0.15, -0.1) is 10.2 Å². The van der Waals surface area contributed by atoms with Gasteiger partial charge in [0.15, 0.2) is 5.69 Å². The first-order chi connectivity index (χ1) is 8.36. The second-order valence-corrected chi connectivity index (χ2v) is 3.51. The van der Waals surface area contributed by atoms with Crippen molar-refractivity contribution in [3.05, 3.63) is 23.8 Å². The lowest BCUT2D eigenvalue weighted by Gasteiger charge is -1.99. The van der Waals surface area contributed by atoms with Crippen molar-refractivity contribution in [2.75, 3.05) is 0 Å². The van der Waals surface area contributed by atoms with Gasteiger partial charge >= 0.3 is 6.18 Å². The smallest absolute Gasteiger partial charge is 0.282 e. The largest absolute Gasteiger partial charge is 0.456 e. The van der Waals surface area contributed by atoms with Crippen molar-refractivity contribution < 1.29 is 18.0 Å². The Morgan fingerprint density at radius 2 is 2.00 bits per heavy atom. The highest BCUT2D eigenvalue weighted by atomic mass is 19.4. The molecule has 0 fully saturated rings. The molecule has 0 saturated carbocycles. The molecule has 0 aliphatic heterocycles. The maximum absolute atomic E-state index is 12.1. The summed E-state index contributed by atoms with van der Waals surface area (Å²) in [5.74, 6) is -2.02. The van der Waals surface area contributed by atoms with Crippen LogP contribution in [0.4, 0.5) is 13.2 Å². The van der Waals surface area contributed by atoms with E-state index >= 15 is 0 Å². The molecule has 0 unspecified atom stereocenters. The van der Waals surface area contributed by atoms with Gasteiger partial charge in [0.1, 0.15) is 5.69 Å². The summed E-state index contributed by atoms with van der Waals surface area (Å²) < 4.78 is 38.9. The van der Waals surface area contributed by atoms with Crippen LogP contribution in [-0.4, -0.2) is 41.9 Å². The van der Waals surface area contributed by atoms with Gasteiger partial charge in [0.05, 0.1) is 12.7 Å². The molecule has 0 aliphatic rings. The van der Waals surface area contributed by atoms with Gasteiger partial charge in [-0.1, -0.05) is 10.4 Å². The van der Waals surface area contributed by atoms with Gasteiger partial charge in [-0.2, -0.15) is 13.2 Å². The minimum Gasteiger partial charge on any atom is -0.282 e. The summed E-state index contributed by atoms with van der Waals surface area (Å²) >= 11 is 0. The van der Waals surface area contributed by atoms with Crippen molar-refractivity contribution in [1.82, 2.24) is 30.0 Å². The number of hydrogen-bond donors (Lipinski definition) is 0. The van der Waals surface area contributed by atoms with Gasteiger partial charge in [0.25, 0.3) is 5.78 Å². The number of aromatic nitrogens is 6. The van der Waals surface area contributed by atoms with Gasteiger partial charge in [0.2, 0.25) is 0 Å². The van der Waals surface area contributed by atoms with E-state index in [0.717, 1.165) is 10.9 Å². The number of halogens is 3. The van der Waals surface area contributed by atoms with Crippen LogP contribution < -0.4 is 0 Å². The first kappa shape index (κ1) is 12.2. The molecule has 2 aromatic rings. The Kier molecular flexibility index (Phi) is 2.85. The van der Waals surface area contributed by atoms with Gasteiger partial charge in [-0.25, -0.2) is 4.68 Å². The summed E-state index contributed by atoms with van der Waals surface area (Å²) in [7, 11) is 1.65. The van der Waals surface area contributed by atoms with E-state index in [1.807, 2.05) is 0 Å². The highest BCUT2D eigenvalue weighted by Crippen LogP contribution is 2.19. The Balaban J connectivity index is 2.14. The quantitative estimate of drug-likeness (QED) is 0.736. The standard InChI is InChI=1S/C8H7F3N6O/c1-16-2-5(12-14-16)3-17-4-6(13-15-17)7(18)8(9,10)11/h2,4H,3H2,1H3. The van der Waals surface area contributed by atoms with Crippen LogP contribution in [-0.2, 0) is 13.6 Å². The van der Waals surface area contributed by atoms with E-state index in [4.69, 9.17) is 0 Å². The molecule has 0 aliphatic carbocycles. The molecule has 10 heteroatoms. The molecular weight excluding hydrogens is 253 g/mol. The topological polar surface area (TPSA) is 78.5 Å². The molecular formula is C8H7F3N6O. The molecule has 2 rings (SSSR count). The molecule has 96 valence electrons. The van der Waals surface area contributed by atoms with Crippen LogP contribution in [0.15, 0.2) is 12.4 Å². The number of alkyl halides is 3. The van der Waals surface area contributed by atoms with Crippen molar-refractivity contribution in [2.24, 2.45) is 7.05 Å². The van der Waals surface area contributed by atoms with E-state index in [2.05, 4.69) is 20.6 Å². The van der Waals surface area contributed by atoms with Gasteiger partial charge in [-0.3, -0.25) is 9.48 Å². The predicted molar refractivity (Wildman–Crippen MR) is 50.5 cm³/mol. The van der Waals surface area contributed by atoms with Crippen molar-refractivity contribution in [3.63, 3.8) is 0 Å². The molecule has 2 heterocycles. The second-order valence-electron chi connectivity index (χ2n) is 3.51. The summed E-state index contributed by atoms with van der Waals surface area (Å²) in [5, 5.41) is 14.0. The van der Waals surface area contributed by atoms with Crippen LogP contribution >= 0.6 is 0 Å². The molecule has 0 amide bonds. The molecule has 18 heavy (non-hydrogen) atoms. The number of carbonyl (C=O) groups is 1. The number of Topliss-reactive ketones (excluding diaryl/α,β-unsaturated/α-hetero) is 1. The molecule has 7 nitrogen and oxygen atoms in total. The number of aryl methyl sites for hydroxylation is 1. The van der Waals surface area contributed by atoms with E-state index in [9.17, 15) is 18.0 Å². The summed E-state index contributed by atoms with van der Waals surface area (Å²) in [6.45, 7) is 0.0893. The lowest BCUT2D eigenvalue weighted by molar-refractivity contribution is -0.0888. The molecule has 0 radical (unpaired) electrons.